The van der Waals surface area contributed by atoms with Crippen molar-refractivity contribution < 1.29 is 19.1 Å². The number of carbonyl (C=O) groups is 1. The number of aliphatic hydroxyl groups excluding tert-OH is 1. The fourth-order valence-corrected chi connectivity index (χ4v) is 5.74. The molecule has 8 heteroatoms. The largest absolute Gasteiger partial charge is 0.485 e. The fraction of sp³-hybridized carbons (Fsp3) is 0.545. The normalized spacial score (nSPS) is 16.3. The molecule has 2 aliphatic rings. The van der Waals surface area contributed by atoms with Gasteiger partial charge >= 0.3 is 0 Å². The lowest BCUT2D eigenvalue weighted by molar-refractivity contribution is 0.0836. The third-order valence-corrected chi connectivity index (χ3v) is 8.37. The van der Waals surface area contributed by atoms with Crippen LogP contribution in [0.3, 0.4) is 0 Å². The molecule has 0 unspecified atom stereocenters. The number of Topliss-reactive ketones (excluding diaryl/α,β-unsaturated/α-hetero) is 1. The average Bonchev–Trinajstić information content (AvgIpc) is 3.33. The number of hydrogen-bond acceptors (Lipinski definition) is 8. The topological polar surface area (TPSA) is 101 Å². The van der Waals surface area contributed by atoms with Crippen molar-refractivity contribution in [2.75, 3.05) is 18.4 Å². The number of nitrogens with one attached hydrogen (secondary N) is 1. The molecule has 5 rings (SSSR count). The van der Waals surface area contributed by atoms with E-state index in [1.165, 1.54) is 23.9 Å². The first-order valence-corrected chi connectivity index (χ1v) is 15.1. The number of β-amino-alcohol motifs (C(OH)–C–C–N with tert-alkyl or cyclic N) is 1. The quantitative estimate of drug-likeness (QED) is 0.253. The smallest absolute Gasteiger partial charge is 0.181 e. The van der Waals surface area contributed by atoms with Gasteiger partial charge in [-0.25, -0.2) is 9.97 Å². The summed E-state index contributed by atoms with van der Waals surface area (Å²) in [7, 11) is 0. The zero-order valence-electron chi connectivity index (χ0n) is 24.9. The van der Waals surface area contributed by atoms with Gasteiger partial charge in [0.05, 0.1) is 11.8 Å². The number of carbonyl (C=O) groups excluding carboxylic acids is 1. The van der Waals surface area contributed by atoms with Crippen LogP contribution in [0.15, 0.2) is 35.1 Å². The van der Waals surface area contributed by atoms with Gasteiger partial charge in [0.15, 0.2) is 17.9 Å². The van der Waals surface area contributed by atoms with E-state index in [0.29, 0.717) is 43.5 Å². The molecule has 1 aliphatic carbocycles. The van der Waals surface area contributed by atoms with Gasteiger partial charge in [-0.3, -0.25) is 9.69 Å². The van der Waals surface area contributed by atoms with Crippen LogP contribution < -0.4 is 10.1 Å². The molecule has 41 heavy (non-hydrogen) atoms. The Morgan fingerprint density at radius 1 is 1.24 bits per heavy atom. The third kappa shape index (κ3) is 7.54. The van der Waals surface area contributed by atoms with E-state index in [2.05, 4.69) is 42.0 Å². The van der Waals surface area contributed by atoms with Crippen molar-refractivity contribution in [2.24, 2.45) is 5.92 Å². The number of aryl methyl sites for hydroxylation is 1. The Labute approximate surface area is 243 Å². The molecule has 0 radical (unpaired) electrons. The molecule has 3 aromatic rings. The predicted octanol–water partition coefficient (Wildman–Crippen LogP) is 5.81. The zero-order valence-corrected chi connectivity index (χ0v) is 24.9. The number of aromatic nitrogens is 2. The van der Waals surface area contributed by atoms with E-state index >= 15 is 0 Å². The molecular weight excluding hydrogens is 516 g/mol. The zero-order chi connectivity index (χ0) is 28.9. The Bertz CT molecular complexity index is 1350. The molecule has 0 saturated heterocycles. The number of ether oxygens (including phenoxy) is 1. The number of fused-ring (bicyclic) bond motifs is 1. The lowest BCUT2D eigenvalue weighted by Gasteiger charge is -2.31. The van der Waals surface area contributed by atoms with Gasteiger partial charge in [-0.15, -0.1) is 0 Å². The molecule has 1 atom stereocenters. The number of rotatable bonds is 13. The van der Waals surface area contributed by atoms with Crippen molar-refractivity contribution in [1.29, 1.82) is 0 Å². The number of benzene rings is 1. The van der Waals surface area contributed by atoms with Gasteiger partial charge in [0.25, 0.3) is 0 Å². The maximum atomic E-state index is 13.2. The maximum absolute atomic E-state index is 13.2. The minimum absolute atomic E-state index is 0.0702. The van der Waals surface area contributed by atoms with E-state index in [9.17, 15) is 9.90 Å². The molecule has 0 amide bonds. The van der Waals surface area contributed by atoms with Gasteiger partial charge in [0.1, 0.15) is 18.2 Å². The molecule has 1 aliphatic heterocycles. The lowest BCUT2D eigenvalue weighted by atomic mass is 9.93. The standard InChI is InChI=1S/C33H44N4O4/c1-21(2)14-27-15-25(16-33(36-27)35-26-6-5-7-26)30(39)10-9-28(38)18-37-13-12-29-22(3)31(11-8-24(29)17-37)40-19-32-23(4)34-20-41-32/h8,11,15-16,20-21,26,28,38H,5-7,9-10,12-14,17-19H2,1-4H3,(H,35,36)/t28-/m0/s1. The van der Waals surface area contributed by atoms with Gasteiger partial charge in [0.2, 0.25) is 0 Å². The number of hydrogen-bond donors (Lipinski definition) is 2. The molecule has 0 spiro atoms. The van der Waals surface area contributed by atoms with Gasteiger partial charge in [-0.1, -0.05) is 19.9 Å². The van der Waals surface area contributed by atoms with E-state index in [4.69, 9.17) is 14.1 Å². The van der Waals surface area contributed by atoms with Crippen LogP contribution >= 0.6 is 0 Å². The van der Waals surface area contributed by atoms with Crippen molar-refractivity contribution in [3.63, 3.8) is 0 Å². The summed E-state index contributed by atoms with van der Waals surface area (Å²) in [5.41, 5.74) is 6.24. The SMILES string of the molecule is Cc1ncoc1COc1ccc2c(c1C)CCN(C[C@@H](O)CCC(=O)c1cc(CC(C)C)nc(NC3CCC3)c1)C2. The minimum Gasteiger partial charge on any atom is -0.485 e. The second-order valence-electron chi connectivity index (χ2n) is 12.2. The summed E-state index contributed by atoms with van der Waals surface area (Å²) in [5.74, 6) is 2.95. The van der Waals surface area contributed by atoms with Crippen molar-refractivity contribution in [1.82, 2.24) is 14.9 Å². The number of aliphatic hydroxyl groups is 1. The Balaban J connectivity index is 1.14. The molecule has 2 N–H and O–H groups in total. The monoisotopic (exact) mass is 560 g/mol. The van der Waals surface area contributed by atoms with Gasteiger partial charge < -0.3 is 19.6 Å². The maximum Gasteiger partial charge on any atom is 0.181 e. The Morgan fingerprint density at radius 3 is 2.78 bits per heavy atom. The molecule has 1 saturated carbocycles. The number of oxazole rings is 1. The third-order valence-electron chi connectivity index (χ3n) is 8.37. The van der Waals surface area contributed by atoms with Gasteiger partial charge in [-0.05, 0) is 93.2 Å². The molecule has 2 aromatic heterocycles. The number of anilines is 1. The molecule has 8 nitrogen and oxygen atoms in total. The van der Waals surface area contributed by atoms with Crippen molar-refractivity contribution in [3.05, 3.63) is 70.1 Å². The van der Waals surface area contributed by atoms with Crippen LogP contribution in [-0.4, -0.2) is 51.0 Å². The van der Waals surface area contributed by atoms with E-state index < -0.39 is 6.10 Å². The molecular formula is C33H44N4O4. The highest BCUT2D eigenvalue weighted by Crippen LogP contribution is 2.30. The van der Waals surface area contributed by atoms with Crippen LogP contribution in [0.25, 0.3) is 0 Å². The Morgan fingerprint density at radius 2 is 2.07 bits per heavy atom. The first-order valence-electron chi connectivity index (χ1n) is 15.1. The Hall–Kier alpha value is -3.23. The second-order valence-corrected chi connectivity index (χ2v) is 12.2. The van der Waals surface area contributed by atoms with Crippen LogP contribution in [0, 0.1) is 19.8 Å². The molecule has 220 valence electrons. The highest BCUT2D eigenvalue weighted by molar-refractivity contribution is 5.96. The van der Waals surface area contributed by atoms with Crippen LogP contribution in [-0.2, 0) is 26.0 Å². The predicted molar refractivity (Wildman–Crippen MR) is 159 cm³/mol. The first-order chi connectivity index (χ1) is 19.7. The van der Waals surface area contributed by atoms with Crippen molar-refractivity contribution in [3.8, 4) is 5.75 Å². The summed E-state index contributed by atoms with van der Waals surface area (Å²) in [6.07, 6.45) is 6.96. The highest BCUT2D eigenvalue weighted by Gasteiger charge is 2.23. The summed E-state index contributed by atoms with van der Waals surface area (Å²) in [6, 6.07) is 8.44. The molecule has 1 aromatic carbocycles. The van der Waals surface area contributed by atoms with Crippen LogP contribution in [0.5, 0.6) is 5.75 Å². The number of nitrogens with zero attached hydrogens (tertiary/aromatic N) is 3. The number of ketones is 1. The Kier molecular flexibility index (Phi) is 9.40. The van der Waals surface area contributed by atoms with Crippen molar-refractivity contribution >= 4 is 11.6 Å². The van der Waals surface area contributed by atoms with Gasteiger partial charge in [-0.2, -0.15) is 0 Å². The van der Waals surface area contributed by atoms with Crippen LogP contribution in [0.4, 0.5) is 5.82 Å². The number of pyridine rings is 1. The molecule has 3 heterocycles. The fourth-order valence-electron chi connectivity index (χ4n) is 5.74. The van der Waals surface area contributed by atoms with Crippen molar-refractivity contribution in [2.45, 2.75) is 97.9 Å². The molecule has 0 bridgehead atoms. The van der Waals surface area contributed by atoms with Crippen LogP contribution in [0.2, 0.25) is 0 Å². The van der Waals surface area contributed by atoms with E-state index in [1.807, 2.05) is 25.1 Å². The second kappa shape index (κ2) is 13.2. The van der Waals surface area contributed by atoms with E-state index in [-0.39, 0.29) is 5.78 Å². The van der Waals surface area contributed by atoms with E-state index in [1.54, 1.807) is 0 Å². The highest BCUT2D eigenvalue weighted by atomic mass is 16.5. The molecule has 1 fully saturated rings. The summed E-state index contributed by atoms with van der Waals surface area (Å²) in [5, 5.41) is 14.4. The first kappa shape index (κ1) is 29.3. The lowest BCUT2D eigenvalue weighted by Crippen LogP contribution is -2.37. The van der Waals surface area contributed by atoms with Gasteiger partial charge in [0, 0.05) is 43.4 Å². The van der Waals surface area contributed by atoms with Crippen LogP contribution in [0.1, 0.15) is 90.1 Å². The summed E-state index contributed by atoms with van der Waals surface area (Å²) >= 11 is 0. The minimum atomic E-state index is -0.557. The summed E-state index contributed by atoms with van der Waals surface area (Å²) in [4.78, 5) is 24.4. The summed E-state index contributed by atoms with van der Waals surface area (Å²) in [6.45, 7) is 10.9. The average molecular weight is 561 g/mol. The summed E-state index contributed by atoms with van der Waals surface area (Å²) < 4.78 is 11.4. The van der Waals surface area contributed by atoms with E-state index in [0.717, 1.165) is 73.1 Å².